The number of carbonyl (C=O) groups excluding carboxylic acids is 2. The summed E-state index contributed by atoms with van der Waals surface area (Å²) in [5, 5.41) is 0.739. The Labute approximate surface area is 191 Å². The van der Waals surface area contributed by atoms with Crippen molar-refractivity contribution >= 4 is 35.2 Å². The van der Waals surface area contributed by atoms with E-state index in [0.717, 1.165) is 11.1 Å². The van der Waals surface area contributed by atoms with Gasteiger partial charge in [-0.25, -0.2) is 0 Å². The molecule has 0 aliphatic carbocycles. The van der Waals surface area contributed by atoms with Gasteiger partial charge in [0.1, 0.15) is 0 Å². The van der Waals surface area contributed by atoms with E-state index in [9.17, 15) is 9.59 Å². The third-order valence-electron chi connectivity index (χ3n) is 5.30. The Hall–Kier alpha value is -2.70. The van der Waals surface area contributed by atoms with Crippen LogP contribution in [0.1, 0.15) is 26.9 Å². The zero-order valence-electron chi connectivity index (χ0n) is 16.9. The lowest BCUT2D eigenvalue weighted by molar-refractivity contribution is -0.129. The average Bonchev–Trinajstić information content (AvgIpc) is 3.35. The van der Waals surface area contributed by atoms with E-state index in [4.69, 9.17) is 16.0 Å². The van der Waals surface area contributed by atoms with E-state index in [-0.39, 0.29) is 17.1 Å². The van der Waals surface area contributed by atoms with Crippen molar-refractivity contribution < 1.29 is 14.0 Å². The highest BCUT2D eigenvalue weighted by atomic mass is 35.5. The molecular formula is C24H23ClN2O3S. The largest absolute Gasteiger partial charge is 0.459 e. The summed E-state index contributed by atoms with van der Waals surface area (Å²) in [5.74, 6) is 0.668. The third-order valence-corrected chi connectivity index (χ3v) is 6.84. The summed E-state index contributed by atoms with van der Waals surface area (Å²) in [4.78, 5) is 28.9. The number of carbonyl (C=O) groups is 2. The molecule has 4 rings (SSSR count). The molecule has 0 N–H and O–H groups in total. The zero-order valence-corrected chi connectivity index (χ0v) is 18.5. The SMILES string of the molecule is O=C(CSC(c1ccccc1)c1ccc(Cl)cc1)N1CCN(C(=O)c2ccco2)CC1. The molecule has 7 heteroatoms. The number of nitrogens with zero attached hydrogens (tertiary/aromatic N) is 2. The van der Waals surface area contributed by atoms with E-state index in [0.29, 0.717) is 42.7 Å². The van der Waals surface area contributed by atoms with E-state index in [1.165, 1.54) is 6.26 Å². The molecule has 1 atom stereocenters. The average molecular weight is 455 g/mol. The fraction of sp³-hybridized carbons (Fsp3) is 0.250. The second-order valence-electron chi connectivity index (χ2n) is 7.30. The quantitative estimate of drug-likeness (QED) is 0.539. The smallest absolute Gasteiger partial charge is 0.289 e. The van der Waals surface area contributed by atoms with Gasteiger partial charge in [0, 0.05) is 31.2 Å². The molecular weight excluding hydrogens is 432 g/mol. The first kappa shape index (κ1) is 21.5. The van der Waals surface area contributed by atoms with Gasteiger partial charge in [0.25, 0.3) is 5.91 Å². The molecule has 1 aliphatic rings. The minimum Gasteiger partial charge on any atom is -0.459 e. The van der Waals surface area contributed by atoms with E-state index >= 15 is 0 Å². The second kappa shape index (κ2) is 10.1. The van der Waals surface area contributed by atoms with Crippen molar-refractivity contribution in [2.45, 2.75) is 5.25 Å². The molecule has 1 aliphatic heterocycles. The summed E-state index contributed by atoms with van der Waals surface area (Å²) in [6.45, 7) is 2.08. The summed E-state index contributed by atoms with van der Waals surface area (Å²) < 4.78 is 5.20. The highest BCUT2D eigenvalue weighted by Crippen LogP contribution is 2.36. The molecule has 0 bridgehead atoms. The third kappa shape index (κ3) is 5.32. The summed E-state index contributed by atoms with van der Waals surface area (Å²) in [6.07, 6.45) is 1.49. The van der Waals surface area contributed by atoms with E-state index in [1.54, 1.807) is 28.8 Å². The number of rotatable bonds is 6. The number of furan rings is 1. The number of piperazine rings is 1. The Kier molecular flexibility index (Phi) is 6.99. The first-order valence-corrected chi connectivity index (χ1v) is 11.6. The Bertz CT molecular complexity index is 1000. The van der Waals surface area contributed by atoms with Crippen molar-refractivity contribution in [3.8, 4) is 0 Å². The number of thioether (sulfide) groups is 1. The van der Waals surface area contributed by atoms with Crippen LogP contribution in [0.3, 0.4) is 0 Å². The number of amides is 2. The summed E-state index contributed by atoms with van der Waals surface area (Å²) in [6, 6.07) is 21.3. The molecule has 2 aromatic carbocycles. The van der Waals surface area contributed by atoms with Crippen LogP contribution in [0.4, 0.5) is 0 Å². The maximum absolute atomic E-state index is 12.9. The number of hydrogen-bond donors (Lipinski definition) is 0. The van der Waals surface area contributed by atoms with Gasteiger partial charge in [-0.15, -0.1) is 11.8 Å². The monoisotopic (exact) mass is 454 g/mol. The molecule has 160 valence electrons. The van der Waals surface area contributed by atoms with Gasteiger partial charge in [-0.1, -0.05) is 54.1 Å². The number of benzene rings is 2. The predicted molar refractivity (Wildman–Crippen MR) is 123 cm³/mol. The van der Waals surface area contributed by atoms with Crippen LogP contribution in [0.15, 0.2) is 77.4 Å². The highest BCUT2D eigenvalue weighted by Gasteiger charge is 2.26. The normalized spacial score (nSPS) is 15.0. The van der Waals surface area contributed by atoms with Gasteiger partial charge in [-0.05, 0) is 35.4 Å². The van der Waals surface area contributed by atoms with E-state index in [2.05, 4.69) is 12.1 Å². The topological polar surface area (TPSA) is 53.8 Å². The molecule has 0 spiro atoms. The number of halogens is 1. The van der Waals surface area contributed by atoms with Gasteiger partial charge < -0.3 is 14.2 Å². The van der Waals surface area contributed by atoms with Crippen molar-refractivity contribution in [3.63, 3.8) is 0 Å². The number of hydrogen-bond acceptors (Lipinski definition) is 4. The minimum absolute atomic E-state index is 0.0456. The molecule has 1 unspecified atom stereocenters. The molecule has 0 radical (unpaired) electrons. The van der Waals surface area contributed by atoms with Crippen LogP contribution in [0, 0.1) is 0 Å². The van der Waals surface area contributed by atoms with Crippen molar-refractivity contribution in [1.82, 2.24) is 9.80 Å². The maximum atomic E-state index is 12.9. The fourth-order valence-corrected chi connectivity index (χ4v) is 4.93. The molecule has 31 heavy (non-hydrogen) atoms. The lowest BCUT2D eigenvalue weighted by Crippen LogP contribution is -2.51. The predicted octanol–water partition coefficient (Wildman–Crippen LogP) is 4.74. The summed E-state index contributed by atoms with van der Waals surface area (Å²) in [5.41, 5.74) is 2.26. The van der Waals surface area contributed by atoms with Gasteiger partial charge in [-0.3, -0.25) is 9.59 Å². The van der Waals surface area contributed by atoms with Crippen LogP contribution >= 0.6 is 23.4 Å². The summed E-state index contributed by atoms with van der Waals surface area (Å²) >= 11 is 7.67. The van der Waals surface area contributed by atoms with Gasteiger partial charge in [-0.2, -0.15) is 0 Å². The highest BCUT2D eigenvalue weighted by molar-refractivity contribution is 8.00. The van der Waals surface area contributed by atoms with E-state index in [1.807, 2.05) is 47.4 Å². The zero-order chi connectivity index (χ0) is 21.6. The molecule has 3 aromatic rings. The van der Waals surface area contributed by atoms with Crippen LogP contribution in [0.5, 0.6) is 0 Å². The molecule has 1 aromatic heterocycles. The molecule has 2 amide bonds. The Morgan fingerprint density at radius 1 is 0.871 bits per heavy atom. The van der Waals surface area contributed by atoms with Crippen LogP contribution < -0.4 is 0 Å². The Morgan fingerprint density at radius 3 is 2.16 bits per heavy atom. The van der Waals surface area contributed by atoms with Gasteiger partial charge in [0.05, 0.1) is 17.3 Å². The fourth-order valence-electron chi connectivity index (χ4n) is 3.61. The van der Waals surface area contributed by atoms with Gasteiger partial charge in [0.15, 0.2) is 5.76 Å². The minimum atomic E-state index is -0.127. The lowest BCUT2D eigenvalue weighted by atomic mass is 10.0. The first-order valence-electron chi connectivity index (χ1n) is 10.1. The van der Waals surface area contributed by atoms with Crippen LogP contribution in [-0.2, 0) is 4.79 Å². The molecule has 1 fully saturated rings. The second-order valence-corrected chi connectivity index (χ2v) is 8.83. The van der Waals surface area contributed by atoms with Crippen molar-refractivity contribution in [1.29, 1.82) is 0 Å². The standard InChI is InChI=1S/C24H23ClN2O3S/c25-20-10-8-19(9-11-20)23(18-5-2-1-3-6-18)31-17-22(28)26-12-14-27(15-13-26)24(29)21-7-4-16-30-21/h1-11,16,23H,12-15,17H2. The van der Waals surface area contributed by atoms with E-state index < -0.39 is 0 Å². The van der Waals surface area contributed by atoms with Gasteiger partial charge in [0.2, 0.25) is 5.91 Å². The molecule has 2 heterocycles. The van der Waals surface area contributed by atoms with Crippen LogP contribution in [0.25, 0.3) is 0 Å². The first-order chi connectivity index (χ1) is 15.1. The van der Waals surface area contributed by atoms with Crippen LogP contribution in [-0.4, -0.2) is 53.5 Å². The molecule has 5 nitrogen and oxygen atoms in total. The van der Waals surface area contributed by atoms with Crippen molar-refractivity contribution in [3.05, 3.63) is 94.9 Å². The Morgan fingerprint density at radius 2 is 1.52 bits per heavy atom. The van der Waals surface area contributed by atoms with Gasteiger partial charge >= 0.3 is 0 Å². The lowest BCUT2D eigenvalue weighted by Gasteiger charge is -2.34. The molecule has 1 saturated heterocycles. The maximum Gasteiger partial charge on any atom is 0.289 e. The Balaban J connectivity index is 1.36. The molecule has 0 saturated carbocycles. The van der Waals surface area contributed by atoms with Crippen molar-refractivity contribution in [2.24, 2.45) is 0 Å². The summed E-state index contributed by atoms with van der Waals surface area (Å²) in [7, 11) is 0. The van der Waals surface area contributed by atoms with Crippen LogP contribution in [0.2, 0.25) is 5.02 Å². The van der Waals surface area contributed by atoms with Crippen molar-refractivity contribution in [2.75, 3.05) is 31.9 Å².